The van der Waals surface area contributed by atoms with Gasteiger partial charge in [0, 0.05) is 31.4 Å². The number of nitrogens with zero attached hydrogens (tertiary/aromatic N) is 1. The lowest BCUT2D eigenvalue weighted by Crippen LogP contribution is -2.42. The highest BCUT2D eigenvalue weighted by Gasteiger charge is 2.29. The number of hydrogen-bond donors (Lipinski definition) is 5. The highest BCUT2D eigenvalue weighted by atomic mass is 32.2. The zero-order valence-electron chi connectivity index (χ0n) is 22.2. The monoisotopic (exact) mass is 560 g/mol. The van der Waals surface area contributed by atoms with E-state index in [4.69, 9.17) is 4.74 Å². The molecule has 214 valence electrons. The van der Waals surface area contributed by atoms with Crippen molar-refractivity contribution in [1.29, 1.82) is 0 Å². The first-order valence-corrected chi connectivity index (χ1v) is 15.2. The standard InChI is InChI=1S/C28H40N4O6S/c33-24-8-10-26(11-9-24)38-20-25(34)19-29-18-21-14-16-32(17-15-21)39(36,37)27-12-6-23(7-13-27)31-28(35)30-22-4-2-1-3-5-22/h6-13,21-22,25,29,33-34H,1-5,14-20H2,(H2,30,31,35)/t25-/m0/s1. The summed E-state index contributed by atoms with van der Waals surface area (Å²) in [6.45, 7) is 2.06. The first kappa shape index (κ1) is 29.1. The van der Waals surface area contributed by atoms with Crippen LogP contribution < -0.4 is 20.7 Å². The van der Waals surface area contributed by atoms with Gasteiger partial charge in [-0.3, -0.25) is 0 Å². The summed E-state index contributed by atoms with van der Waals surface area (Å²) in [4.78, 5) is 12.5. The maximum Gasteiger partial charge on any atom is 0.319 e. The molecule has 2 fully saturated rings. The Morgan fingerprint density at radius 2 is 1.64 bits per heavy atom. The molecule has 0 unspecified atom stereocenters. The molecule has 1 heterocycles. The number of piperidine rings is 1. The van der Waals surface area contributed by atoms with Crippen LogP contribution in [-0.4, -0.2) is 73.9 Å². The van der Waals surface area contributed by atoms with E-state index >= 15 is 0 Å². The summed E-state index contributed by atoms with van der Waals surface area (Å²) in [7, 11) is -3.61. The lowest BCUT2D eigenvalue weighted by atomic mass is 9.96. The summed E-state index contributed by atoms with van der Waals surface area (Å²) in [6.07, 6.45) is 6.25. The van der Waals surface area contributed by atoms with Crippen molar-refractivity contribution < 1.29 is 28.2 Å². The zero-order valence-corrected chi connectivity index (χ0v) is 23.0. The van der Waals surface area contributed by atoms with Gasteiger partial charge >= 0.3 is 6.03 Å². The molecule has 1 atom stereocenters. The number of carbonyl (C=O) groups is 1. The average Bonchev–Trinajstić information content (AvgIpc) is 2.94. The van der Waals surface area contributed by atoms with Gasteiger partial charge in [-0.15, -0.1) is 0 Å². The largest absolute Gasteiger partial charge is 0.508 e. The number of sulfonamides is 1. The molecule has 0 aromatic heterocycles. The molecule has 0 radical (unpaired) electrons. The van der Waals surface area contributed by atoms with Crippen LogP contribution in [0.5, 0.6) is 11.5 Å². The van der Waals surface area contributed by atoms with Crippen molar-refractivity contribution in [1.82, 2.24) is 14.9 Å². The number of anilines is 1. The quantitative estimate of drug-likeness (QED) is 0.284. The lowest BCUT2D eigenvalue weighted by Gasteiger charge is -2.31. The van der Waals surface area contributed by atoms with Gasteiger partial charge in [-0.25, -0.2) is 13.2 Å². The smallest absolute Gasteiger partial charge is 0.319 e. The molecule has 1 aliphatic carbocycles. The Morgan fingerprint density at radius 3 is 2.31 bits per heavy atom. The van der Waals surface area contributed by atoms with Crippen LogP contribution in [-0.2, 0) is 10.0 Å². The van der Waals surface area contributed by atoms with Crippen LogP contribution in [0.2, 0.25) is 0 Å². The van der Waals surface area contributed by atoms with E-state index in [9.17, 15) is 23.4 Å². The minimum absolute atomic E-state index is 0.133. The number of phenolic OH excluding ortho intramolecular Hbond substituents is 1. The van der Waals surface area contributed by atoms with E-state index in [-0.39, 0.29) is 29.3 Å². The lowest BCUT2D eigenvalue weighted by molar-refractivity contribution is 0.104. The Hall–Kier alpha value is -2.86. The molecule has 11 heteroatoms. The van der Waals surface area contributed by atoms with Gasteiger partial charge in [-0.05, 0) is 86.7 Å². The molecule has 0 spiro atoms. The molecule has 1 saturated heterocycles. The summed E-state index contributed by atoms with van der Waals surface area (Å²) in [5.74, 6) is 1.05. The topological polar surface area (TPSA) is 140 Å². The molecule has 2 amide bonds. The second-order valence-electron chi connectivity index (χ2n) is 10.4. The van der Waals surface area contributed by atoms with Crippen LogP contribution in [0.15, 0.2) is 53.4 Å². The van der Waals surface area contributed by atoms with Gasteiger partial charge in [0.2, 0.25) is 10.0 Å². The number of ether oxygens (including phenoxy) is 1. The highest BCUT2D eigenvalue weighted by molar-refractivity contribution is 7.89. The fraction of sp³-hybridized carbons (Fsp3) is 0.536. The Morgan fingerprint density at radius 1 is 0.974 bits per heavy atom. The Balaban J connectivity index is 1.15. The number of rotatable bonds is 11. The summed E-state index contributed by atoms with van der Waals surface area (Å²) < 4.78 is 33.3. The molecule has 4 rings (SSSR count). The number of amides is 2. The third-order valence-electron chi connectivity index (χ3n) is 7.36. The number of benzene rings is 2. The van der Waals surface area contributed by atoms with Crippen LogP contribution >= 0.6 is 0 Å². The molecule has 2 aromatic rings. The number of aromatic hydroxyl groups is 1. The molecule has 2 aliphatic rings. The van der Waals surface area contributed by atoms with E-state index in [1.807, 2.05) is 0 Å². The summed E-state index contributed by atoms with van der Waals surface area (Å²) in [6, 6.07) is 12.6. The maximum absolute atomic E-state index is 13.2. The molecule has 2 aromatic carbocycles. The van der Waals surface area contributed by atoms with Crippen molar-refractivity contribution in [3.05, 3.63) is 48.5 Å². The number of aliphatic hydroxyl groups is 1. The predicted molar refractivity (Wildman–Crippen MR) is 149 cm³/mol. The van der Waals surface area contributed by atoms with Crippen molar-refractivity contribution in [3.63, 3.8) is 0 Å². The number of hydrogen-bond acceptors (Lipinski definition) is 7. The van der Waals surface area contributed by atoms with Crippen LogP contribution in [0.25, 0.3) is 0 Å². The van der Waals surface area contributed by atoms with E-state index in [0.717, 1.165) is 38.5 Å². The predicted octanol–water partition coefficient (Wildman–Crippen LogP) is 3.28. The third-order valence-corrected chi connectivity index (χ3v) is 9.27. The fourth-order valence-corrected chi connectivity index (χ4v) is 6.53. The third kappa shape index (κ3) is 8.82. The number of aliphatic hydroxyl groups excluding tert-OH is 1. The van der Waals surface area contributed by atoms with Gasteiger partial charge in [-0.1, -0.05) is 19.3 Å². The molecule has 1 saturated carbocycles. The normalized spacial score (nSPS) is 18.4. The van der Waals surface area contributed by atoms with Crippen LogP contribution in [0.4, 0.5) is 10.5 Å². The number of nitrogens with one attached hydrogen (secondary N) is 3. The van der Waals surface area contributed by atoms with Crippen molar-refractivity contribution in [2.75, 3.05) is 38.1 Å². The fourth-order valence-electron chi connectivity index (χ4n) is 5.06. The summed E-state index contributed by atoms with van der Waals surface area (Å²) in [5, 5.41) is 28.5. The molecular weight excluding hydrogens is 520 g/mol. The zero-order chi connectivity index (χ0) is 27.7. The number of carbonyl (C=O) groups excluding carboxylic acids is 1. The molecule has 39 heavy (non-hydrogen) atoms. The van der Waals surface area contributed by atoms with Gasteiger partial charge in [0.1, 0.15) is 24.2 Å². The number of urea groups is 1. The van der Waals surface area contributed by atoms with Crippen molar-refractivity contribution in [2.45, 2.75) is 62.0 Å². The minimum Gasteiger partial charge on any atom is -0.508 e. The Labute approximate surface area is 230 Å². The van der Waals surface area contributed by atoms with E-state index in [0.29, 0.717) is 43.5 Å². The Kier molecular flexibility index (Phi) is 10.4. The van der Waals surface area contributed by atoms with Crippen LogP contribution in [0.3, 0.4) is 0 Å². The van der Waals surface area contributed by atoms with Gasteiger partial charge < -0.3 is 30.9 Å². The Bertz CT molecular complexity index is 1150. The highest BCUT2D eigenvalue weighted by Crippen LogP contribution is 2.25. The summed E-state index contributed by atoms with van der Waals surface area (Å²) >= 11 is 0. The van der Waals surface area contributed by atoms with Gasteiger partial charge in [0.15, 0.2) is 0 Å². The molecule has 5 N–H and O–H groups in total. The first-order valence-electron chi connectivity index (χ1n) is 13.8. The SMILES string of the molecule is O=C(Nc1ccc(S(=O)(=O)N2CCC(CNC[C@H](O)COc3ccc(O)cc3)CC2)cc1)NC1CCCCC1. The van der Waals surface area contributed by atoms with Gasteiger partial charge in [0.25, 0.3) is 0 Å². The second-order valence-corrected chi connectivity index (χ2v) is 12.4. The van der Waals surface area contributed by atoms with E-state index in [2.05, 4.69) is 16.0 Å². The minimum atomic E-state index is -3.61. The maximum atomic E-state index is 13.2. The second kappa shape index (κ2) is 14.0. The molecular formula is C28H40N4O6S. The van der Waals surface area contributed by atoms with Crippen LogP contribution in [0.1, 0.15) is 44.9 Å². The van der Waals surface area contributed by atoms with E-state index in [1.165, 1.54) is 22.9 Å². The van der Waals surface area contributed by atoms with E-state index < -0.39 is 16.1 Å². The van der Waals surface area contributed by atoms with Gasteiger partial charge in [-0.2, -0.15) is 4.31 Å². The summed E-state index contributed by atoms with van der Waals surface area (Å²) in [5.41, 5.74) is 0.558. The van der Waals surface area contributed by atoms with Crippen molar-refractivity contribution >= 4 is 21.7 Å². The molecule has 0 bridgehead atoms. The first-order chi connectivity index (χ1) is 18.8. The number of phenols is 1. The molecule has 10 nitrogen and oxygen atoms in total. The molecule has 1 aliphatic heterocycles. The van der Waals surface area contributed by atoms with Gasteiger partial charge in [0.05, 0.1) is 4.90 Å². The van der Waals surface area contributed by atoms with Crippen molar-refractivity contribution in [2.24, 2.45) is 5.92 Å². The van der Waals surface area contributed by atoms with E-state index in [1.54, 1.807) is 36.4 Å². The van der Waals surface area contributed by atoms with Crippen LogP contribution in [0, 0.1) is 5.92 Å². The van der Waals surface area contributed by atoms with Crippen molar-refractivity contribution in [3.8, 4) is 11.5 Å². The average molecular weight is 561 g/mol.